The molecule has 1 rings (SSSR count). The number of carbonyl (C=O) groups excluding carboxylic acids is 1. The molecule has 0 aliphatic rings. The Morgan fingerprint density at radius 1 is 1.67 bits per heavy atom. The summed E-state index contributed by atoms with van der Waals surface area (Å²) in [7, 11) is 0. The molecule has 94 valence electrons. The molecule has 0 heterocycles. The van der Waals surface area contributed by atoms with E-state index in [4.69, 9.17) is 16.9 Å². The van der Waals surface area contributed by atoms with Crippen molar-refractivity contribution in [3.8, 4) is 6.07 Å². The topological polar surface area (TPSA) is 62.1 Å². The van der Waals surface area contributed by atoms with Gasteiger partial charge in [-0.25, -0.2) is 9.18 Å². The van der Waals surface area contributed by atoms with Crippen LogP contribution in [0, 0.1) is 17.1 Å². The first-order valence-electron chi connectivity index (χ1n) is 5.08. The number of rotatable bonds is 4. The number of nitrogens with zero attached hydrogens (tertiary/aromatic N) is 1. The molecule has 18 heavy (non-hydrogen) atoms. The van der Waals surface area contributed by atoms with Gasteiger partial charge >= 0.3 is 5.97 Å². The molecule has 0 aliphatic heterocycles. The first kappa shape index (κ1) is 14.0. The molecule has 1 aromatic carbocycles. The Morgan fingerprint density at radius 3 is 3.00 bits per heavy atom. The van der Waals surface area contributed by atoms with Crippen LogP contribution in [0.3, 0.4) is 0 Å². The van der Waals surface area contributed by atoms with E-state index in [9.17, 15) is 9.18 Å². The van der Waals surface area contributed by atoms with Gasteiger partial charge in [0.25, 0.3) is 0 Å². The fourth-order valence-electron chi connectivity index (χ4n) is 1.11. The molecule has 0 aromatic heterocycles. The number of benzene rings is 1. The maximum atomic E-state index is 13.5. The molecular weight excluding hydrogens is 259 g/mol. The third-order valence-electron chi connectivity index (χ3n) is 1.94. The lowest BCUT2D eigenvalue weighted by Gasteiger charge is -2.04. The quantitative estimate of drug-likeness (QED) is 0.518. The van der Waals surface area contributed by atoms with E-state index in [-0.39, 0.29) is 22.9 Å². The van der Waals surface area contributed by atoms with Crippen molar-refractivity contribution in [2.45, 2.75) is 6.92 Å². The van der Waals surface area contributed by atoms with Crippen LogP contribution < -0.4 is 5.32 Å². The van der Waals surface area contributed by atoms with Crippen LogP contribution >= 0.6 is 11.6 Å². The molecule has 0 spiro atoms. The monoisotopic (exact) mass is 268 g/mol. The Morgan fingerprint density at radius 2 is 2.39 bits per heavy atom. The molecule has 0 bridgehead atoms. The van der Waals surface area contributed by atoms with Gasteiger partial charge in [0.15, 0.2) is 11.4 Å². The zero-order valence-corrected chi connectivity index (χ0v) is 10.3. The molecule has 1 aromatic rings. The van der Waals surface area contributed by atoms with E-state index in [2.05, 4.69) is 10.1 Å². The standard InChI is InChI=1S/C12H10ClFN2O2/c1-2-18-12(17)8(6-15)7-16-10-5-3-4-9(13)11(10)14/h3-5,7,16H,2H2,1H3/b8-7+. The van der Waals surface area contributed by atoms with Crippen molar-refractivity contribution < 1.29 is 13.9 Å². The molecule has 0 aliphatic carbocycles. The molecule has 0 saturated carbocycles. The number of anilines is 1. The fourth-order valence-corrected chi connectivity index (χ4v) is 1.29. The van der Waals surface area contributed by atoms with Gasteiger partial charge in [-0.1, -0.05) is 17.7 Å². The van der Waals surface area contributed by atoms with E-state index in [1.54, 1.807) is 13.0 Å². The van der Waals surface area contributed by atoms with E-state index in [0.29, 0.717) is 0 Å². The Hall–Kier alpha value is -2.06. The van der Waals surface area contributed by atoms with Gasteiger partial charge in [0.2, 0.25) is 0 Å². The summed E-state index contributed by atoms with van der Waals surface area (Å²) in [6.07, 6.45) is 1.08. The molecule has 4 nitrogen and oxygen atoms in total. The largest absolute Gasteiger partial charge is 0.462 e. The van der Waals surface area contributed by atoms with Gasteiger partial charge in [0.1, 0.15) is 6.07 Å². The van der Waals surface area contributed by atoms with Crippen LogP contribution in [-0.2, 0) is 9.53 Å². The second-order valence-corrected chi connectivity index (χ2v) is 3.54. The minimum Gasteiger partial charge on any atom is -0.462 e. The van der Waals surface area contributed by atoms with Gasteiger partial charge in [-0.3, -0.25) is 0 Å². The lowest BCUT2D eigenvalue weighted by Crippen LogP contribution is -2.08. The molecule has 0 amide bonds. The van der Waals surface area contributed by atoms with Gasteiger partial charge in [0.05, 0.1) is 17.3 Å². The lowest BCUT2D eigenvalue weighted by atomic mass is 10.3. The van der Waals surface area contributed by atoms with Crippen LogP contribution in [-0.4, -0.2) is 12.6 Å². The fraction of sp³-hybridized carbons (Fsp3) is 0.167. The zero-order chi connectivity index (χ0) is 13.5. The van der Waals surface area contributed by atoms with Gasteiger partial charge in [-0.2, -0.15) is 5.26 Å². The van der Waals surface area contributed by atoms with Crippen molar-refractivity contribution in [2.75, 3.05) is 11.9 Å². The molecule has 0 fully saturated rings. The first-order valence-corrected chi connectivity index (χ1v) is 5.45. The zero-order valence-electron chi connectivity index (χ0n) is 9.54. The van der Waals surface area contributed by atoms with Crippen molar-refractivity contribution in [1.29, 1.82) is 5.26 Å². The Labute approximate surface area is 109 Å². The highest BCUT2D eigenvalue weighted by Gasteiger charge is 2.10. The summed E-state index contributed by atoms with van der Waals surface area (Å²) in [5.74, 6) is -1.42. The van der Waals surface area contributed by atoms with Crippen LogP contribution in [0.25, 0.3) is 0 Å². The Kier molecular flexibility index (Phi) is 5.15. The van der Waals surface area contributed by atoms with E-state index in [1.807, 2.05) is 0 Å². The summed E-state index contributed by atoms with van der Waals surface area (Å²) >= 11 is 5.58. The molecular formula is C12H10ClFN2O2. The average molecular weight is 269 g/mol. The Bertz CT molecular complexity index is 523. The SMILES string of the molecule is CCOC(=O)/C(C#N)=C/Nc1cccc(Cl)c1F. The summed E-state index contributed by atoms with van der Waals surface area (Å²) in [6, 6.07) is 6.02. The maximum absolute atomic E-state index is 13.5. The highest BCUT2D eigenvalue weighted by atomic mass is 35.5. The van der Waals surface area contributed by atoms with Gasteiger partial charge < -0.3 is 10.1 Å². The second-order valence-electron chi connectivity index (χ2n) is 3.14. The van der Waals surface area contributed by atoms with Crippen LogP contribution in [0.2, 0.25) is 5.02 Å². The lowest BCUT2D eigenvalue weighted by molar-refractivity contribution is -0.138. The highest BCUT2D eigenvalue weighted by Crippen LogP contribution is 2.22. The molecule has 0 saturated heterocycles. The van der Waals surface area contributed by atoms with Gasteiger partial charge in [-0.15, -0.1) is 0 Å². The second kappa shape index (κ2) is 6.62. The molecule has 6 heteroatoms. The number of esters is 1. The predicted molar refractivity (Wildman–Crippen MR) is 65.4 cm³/mol. The summed E-state index contributed by atoms with van der Waals surface area (Å²) in [5.41, 5.74) is -0.184. The maximum Gasteiger partial charge on any atom is 0.350 e. The molecule has 1 N–H and O–H groups in total. The van der Waals surface area contributed by atoms with Crippen LogP contribution in [0.15, 0.2) is 30.0 Å². The predicted octanol–water partition coefficient (Wildman–Crippen LogP) is 2.86. The van der Waals surface area contributed by atoms with E-state index in [1.165, 1.54) is 18.2 Å². The van der Waals surface area contributed by atoms with Crippen LogP contribution in [0.1, 0.15) is 6.92 Å². The average Bonchev–Trinajstić information content (AvgIpc) is 2.35. The third kappa shape index (κ3) is 3.47. The number of carbonyl (C=O) groups is 1. The molecule has 0 radical (unpaired) electrons. The van der Waals surface area contributed by atoms with Crippen LogP contribution in [0.5, 0.6) is 0 Å². The highest BCUT2D eigenvalue weighted by molar-refractivity contribution is 6.31. The number of ether oxygens (including phenoxy) is 1. The molecule has 0 atom stereocenters. The van der Waals surface area contributed by atoms with Crippen molar-refractivity contribution in [2.24, 2.45) is 0 Å². The third-order valence-corrected chi connectivity index (χ3v) is 2.23. The summed E-state index contributed by atoms with van der Waals surface area (Å²) in [6.45, 7) is 1.78. The van der Waals surface area contributed by atoms with E-state index >= 15 is 0 Å². The van der Waals surface area contributed by atoms with Gasteiger partial charge in [0, 0.05) is 6.20 Å². The molecule has 0 unspecified atom stereocenters. The van der Waals surface area contributed by atoms with Crippen molar-refractivity contribution >= 4 is 23.3 Å². The van der Waals surface area contributed by atoms with E-state index in [0.717, 1.165) is 6.20 Å². The minimum absolute atomic E-state index is 0.0527. The van der Waals surface area contributed by atoms with E-state index < -0.39 is 11.8 Å². The number of nitriles is 1. The summed E-state index contributed by atoms with van der Waals surface area (Å²) in [5, 5.41) is 11.2. The number of halogens is 2. The number of nitrogens with one attached hydrogen (secondary N) is 1. The Balaban J connectivity index is 2.87. The smallest absolute Gasteiger partial charge is 0.350 e. The first-order chi connectivity index (χ1) is 8.60. The summed E-state index contributed by atoms with van der Waals surface area (Å²) < 4.78 is 18.1. The van der Waals surface area contributed by atoms with Crippen molar-refractivity contribution in [1.82, 2.24) is 0 Å². The van der Waals surface area contributed by atoms with Gasteiger partial charge in [-0.05, 0) is 19.1 Å². The summed E-state index contributed by atoms with van der Waals surface area (Å²) in [4.78, 5) is 11.3. The minimum atomic E-state index is -0.769. The van der Waals surface area contributed by atoms with Crippen molar-refractivity contribution in [3.63, 3.8) is 0 Å². The normalized spacial score (nSPS) is 10.7. The number of hydrogen-bond donors (Lipinski definition) is 1. The van der Waals surface area contributed by atoms with Crippen LogP contribution in [0.4, 0.5) is 10.1 Å². The van der Waals surface area contributed by atoms with Crippen molar-refractivity contribution in [3.05, 3.63) is 40.8 Å². The number of hydrogen-bond acceptors (Lipinski definition) is 4.